The van der Waals surface area contributed by atoms with Crippen molar-refractivity contribution in [3.05, 3.63) is 42.7 Å². The Hall–Kier alpha value is -1.51. The Morgan fingerprint density at radius 2 is 2.55 bits per heavy atom. The Morgan fingerprint density at radius 1 is 1.55 bits per heavy atom. The second kappa shape index (κ2) is 2.62. The summed E-state index contributed by atoms with van der Waals surface area (Å²) in [6, 6.07) is 4.05. The molecule has 0 unspecified atom stereocenters. The van der Waals surface area contributed by atoms with Crippen LogP contribution in [0.2, 0.25) is 0 Å². The largest absolute Gasteiger partial charge is 0.364 e. The van der Waals surface area contributed by atoms with Crippen LogP contribution < -0.4 is 0 Å². The van der Waals surface area contributed by atoms with Crippen molar-refractivity contribution in [2.24, 2.45) is 0 Å². The number of nitrogens with zero attached hydrogens (tertiary/aromatic N) is 2. The van der Waals surface area contributed by atoms with Gasteiger partial charge < -0.3 is 9.55 Å². The van der Waals surface area contributed by atoms with Crippen molar-refractivity contribution in [1.29, 1.82) is 0 Å². The third kappa shape index (κ3) is 1.32. The van der Waals surface area contributed by atoms with Gasteiger partial charge in [0.2, 0.25) is 0 Å². The quantitative estimate of drug-likeness (QED) is 0.681. The molecule has 2 aromatic heterocycles. The molecule has 0 amide bonds. The highest BCUT2D eigenvalue weighted by Crippen LogP contribution is 1.97. The maximum absolute atomic E-state index is 3.95. The van der Waals surface area contributed by atoms with E-state index in [1.165, 1.54) is 5.69 Å². The topological polar surface area (TPSA) is 33.6 Å². The molecule has 0 aliphatic heterocycles. The number of aromatic amines is 1. The van der Waals surface area contributed by atoms with Crippen LogP contribution in [0, 0.1) is 0 Å². The SMILES string of the molecule is c1c[nH]c(Cn2ccnc2)c1. The highest BCUT2D eigenvalue weighted by atomic mass is 15.0. The van der Waals surface area contributed by atoms with Gasteiger partial charge in [-0.25, -0.2) is 4.98 Å². The molecule has 56 valence electrons. The van der Waals surface area contributed by atoms with Crippen LogP contribution in [0.4, 0.5) is 0 Å². The molecule has 0 fully saturated rings. The van der Waals surface area contributed by atoms with E-state index >= 15 is 0 Å². The molecule has 2 rings (SSSR count). The summed E-state index contributed by atoms with van der Waals surface area (Å²) in [4.78, 5) is 7.08. The van der Waals surface area contributed by atoms with Crippen molar-refractivity contribution in [1.82, 2.24) is 14.5 Å². The normalized spacial score (nSPS) is 10.2. The molecule has 0 atom stereocenters. The van der Waals surface area contributed by atoms with E-state index in [-0.39, 0.29) is 0 Å². The first kappa shape index (κ1) is 6.22. The molecule has 0 spiro atoms. The van der Waals surface area contributed by atoms with E-state index in [1.807, 2.05) is 23.0 Å². The van der Waals surface area contributed by atoms with Gasteiger partial charge in [0.15, 0.2) is 0 Å². The van der Waals surface area contributed by atoms with Gasteiger partial charge in [-0.05, 0) is 12.1 Å². The van der Waals surface area contributed by atoms with Gasteiger partial charge in [-0.2, -0.15) is 0 Å². The number of hydrogen-bond donors (Lipinski definition) is 1. The lowest BCUT2D eigenvalue weighted by atomic mass is 10.4. The molecule has 0 aliphatic rings. The van der Waals surface area contributed by atoms with Crippen molar-refractivity contribution >= 4 is 0 Å². The molecule has 0 radical (unpaired) electrons. The molecule has 0 bridgehead atoms. The number of nitrogens with one attached hydrogen (secondary N) is 1. The fourth-order valence-corrected chi connectivity index (χ4v) is 1.04. The summed E-state index contributed by atoms with van der Waals surface area (Å²) >= 11 is 0. The average Bonchev–Trinajstić information content (AvgIpc) is 2.60. The molecule has 0 aromatic carbocycles. The third-order valence-electron chi connectivity index (χ3n) is 1.57. The molecular formula is C8H9N3. The number of rotatable bonds is 2. The fourth-order valence-electron chi connectivity index (χ4n) is 1.04. The molecule has 3 heteroatoms. The number of aromatic nitrogens is 3. The molecule has 2 heterocycles. The first-order chi connectivity index (χ1) is 5.45. The van der Waals surface area contributed by atoms with E-state index in [9.17, 15) is 0 Å². The van der Waals surface area contributed by atoms with Crippen LogP contribution in [-0.2, 0) is 6.54 Å². The smallest absolute Gasteiger partial charge is 0.0949 e. The van der Waals surface area contributed by atoms with Gasteiger partial charge in [0.1, 0.15) is 0 Å². The van der Waals surface area contributed by atoms with Crippen LogP contribution in [0.1, 0.15) is 5.69 Å². The minimum absolute atomic E-state index is 0.868. The van der Waals surface area contributed by atoms with E-state index in [2.05, 4.69) is 16.0 Å². The maximum atomic E-state index is 3.95. The van der Waals surface area contributed by atoms with Crippen molar-refractivity contribution in [3.8, 4) is 0 Å². The van der Waals surface area contributed by atoms with Gasteiger partial charge in [0.25, 0.3) is 0 Å². The zero-order valence-corrected chi connectivity index (χ0v) is 6.07. The summed E-state index contributed by atoms with van der Waals surface area (Å²) in [6.07, 6.45) is 7.46. The lowest BCUT2D eigenvalue weighted by molar-refractivity contribution is 0.778. The van der Waals surface area contributed by atoms with Crippen LogP contribution in [0.5, 0.6) is 0 Å². The Balaban J connectivity index is 2.14. The molecule has 1 N–H and O–H groups in total. The minimum atomic E-state index is 0.868. The Kier molecular flexibility index (Phi) is 1.48. The molecule has 0 saturated carbocycles. The predicted molar refractivity (Wildman–Crippen MR) is 42.1 cm³/mol. The van der Waals surface area contributed by atoms with Crippen LogP contribution in [0.15, 0.2) is 37.1 Å². The number of imidazole rings is 1. The van der Waals surface area contributed by atoms with Crippen LogP contribution in [0.25, 0.3) is 0 Å². The summed E-state index contributed by atoms with van der Waals surface area (Å²) in [6.45, 7) is 0.868. The van der Waals surface area contributed by atoms with Gasteiger partial charge in [0, 0.05) is 24.3 Å². The van der Waals surface area contributed by atoms with Crippen molar-refractivity contribution in [2.45, 2.75) is 6.54 Å². The third-order valence-corrected chi connectivity index (χ3v) is 1.57. The van der Waals surface area contributed by atoms with E-state index in [4.69, 9.17) is 0 Å². The summed E-state index contributed by atoms with van der Waals surface area (Å²) in [5.74, 6) is 0. The van der Waals surface area contributed by atoms with Crippen LogP contribution in [0.3, 0.4) is 0 Å². The highest BCUT2D eigenvalue weighted by Gasteiger charge is 1.92. The summed E-state index contributed by atoms with van der Waals surface area (Å²) in [5.41, 5.74) is 1.20. The first-order valence-electron chi connectivity index (χ1n) is 3.53. The van der Waals surface area contributed by atoms with Gasteiger partial charge in [0.05, 0.1) is 12.9 Å². The van der Waals surface area contributed by atoms with Crippen molar-refractivity contribution < 1.29 is 0 Å². The average molecular weight is 147 g/mol. The predicted octanol–water partition coefficient (Wildman–Crippen LogP) is 1.26. The van der Waals surface area contributed by atoms with Gasteiger partial charge in [-0.1, -0.05) is 0 Å². The van der Waals surface area contributed by atoms with E-state index < -0.39 is 0 Å². The van der Waals surface area contributed by atoms with E-state index in [1.54, 1.807) is 12.5 Å². The number of H-pyrrole nitrogens is 1. The first-order valence-corrected chi connectivity index (χ1v) is 3.53. The molecule has 3 nitrogen and oxygen atoms in total. The minimum Gasteiger partial charge on any atom is -0.364 e. The Labute approximate surface area is 64.7 Å². The second-order valence-corrected chi connectivity index (χ2v) is 2.43. The fraction of sp³-hybridized carbons (Fsp3) is 0.125. The van der Waals surface area contributed by atoms with Crippen molar-refractivity contribution in [2.75, 3.05) is 0 Å². The van der Waals surface area contributed by atoms with E-state index in [0.29, 0.717) is 0 Å². The van der Waals surface area contributed by atoms with Crippen molar-refractivity contribution in [3.63, 3.8) is 0 Å². The van der Waals surface area contributed by atoms with Crippen LogP contribution >= 0.6 is 0 Å². The lowest BCUT2D eigenvalue weighted by Gasteiger charge is -1.97. The maximum Gasteiger partial charge on any atom is 0.0949 e. The standard InChI is InChI=1S/C8H9N3/c1-2-8(10-3-1)6-11-5-4-9-7-11/h1-5,7,10H,6H2. The summed E-state index contributed by atoms with van der Waals surface area (Å²) < 4.78 is 2.02. The van der Waals surface area contributed by atoms with Crippen LogP contribution in [-0.4, -0.2) is 14.5 Å². The summed E-state index contributed by atoms with van der Waals surface area (Å²) in [5, 5.41) is 0. The monoisotopic (exact) mass is 147 g/mol. The zero-order chi connectivity index (χ0) is 7.52. The molecule has 2 aromatic rings. The zero-order valence-electron chi connectivity index (χ0n) is 6.07. The molecule has 11 heavy (non-hydrogen) atoms. The van der Waals surface area contributed by atoms with Gasteiger partial charge in [-0.3, -0.25) is 0 Å². The second-order valence-electron chi connectivity index (χ2n) is 2.43. The molecule has 0 saturated heterocycles. The highest BCUT2D eigenvalue weighted by molar-refractivity contribution is 5.04. The Morgan fingerprint density at radius 3 is 3.18 bits per heavy atom. The van der Waals surface area contributed by atoms with Gasteiger partial charge in [-0.15, -0.1) is 0 Å². The molecular weight excluding hydrogens is 138 g/mol. The number of hydrogen-bond acceptors (Lipinski definition) is 1. The van der Waals surface area contributed by atoms with E-state index in [0.717, 1.165) is 6.54 Å². The lowest BCUT2D eigenvalue weighted by Crippen LogP contribution is -1.95. The molecule has 0 aliphatic carbocycles. The Bertz CT molecular complexity index is 262. The van der Waals surface area contributed by atoms with Gasteiger partial charge >= 0.3 is 0 Å². The summed E-state index contributed by atoms with van der Waals surface area (Å²) in [7, 11) is 0.